The standard InChI is InChI=1S/C29H30N2O2/c1-19-6-9-23(10-7-19)28-13-20-12-21(14-28)16-29(15-20,18-28)27(33)31-30-17-25-24-5-3-2-4-22(24)8-11-26(25)32/h2-11,17,20-21,32H,12-16,18H2,1H3,(H,31,33)/b30-17-/t20-,21-,28?,29?/m1/s1. The van der Waals surface area contributed by atoms with Crippen molar-refractivity contribution in [3.8, 4) is 5.75 Å². The smallest absolute Gasteiger partial charge is 0.246 e. The van der Waals surface area contributed by atoms with Crippen LogP contribution < -0.4 is 5.43 Å². The normalized spacial score (nSPS) is 30.2. The van der Waals surface area contributed by atoms with Crippen molar-refractivity contribution in [2.24, 2.45) is 22.4 Å². The summed E-state index contributed by atoms with van der Waals surface area (Å²) in [5, 5.41) is 16.7. The summed E-state index contributed by atoms with van der Waals surface area (Å²) >= 11 is 0. The second kappa shape index (κ2) is 7.44. The van der Waals surface area contributed by atoms with Gasteiger partial charge in [0.2, 0.25) is 5.91 Å². The van der Waals surface area contributed by atoms with E-state index in [9.17, 15) is 9.90 Å². The van der Waals surface area contributed by atoms with Crippen LogP contribution in [0.2, 0.25) is 0 Å². The van der Waals surface area contributed by atoms with Crippen LogP contribution in [0.5, 0.6) is 5.75 Å². The van der Waals surface area contributed by atoms with Crippen LogP contribution in [0, 0.1) is 24.2 Å². The Balaban J connectivity index is 1.27. The minimum Gasteiger partial charge on any atom is -0.507 e. The maximum absolute atomic E-state index is 13.6. The monoisotopic (exact) mass is 438 g/mol. The average Bonchev–Trinajstić information content (AvgIpc) is 2.80. The van der Waals surface area contributed by atoms with E-state index in [1.165, 1.54) is 30.4 Å². The molecule has 4 nitrogen and oxygen atoms in total. The van der Waals surface area contributed by atoms with E-state index in [2.05, 4.69) is 41.7 Å². The molecular weight excluding hydrogens is 408 g/mol. The van der Waals surface area contributed by atoms with Crippen molar-refractivity contribution in [3.63, 3.8) is 0 Å². The fourth-order valence-electron chi connectivity index (χ4n) is 7.47. The molecule has 4 heteroatoms. The number of nitrogens with zero attached hydrogens (tertiary/aromatic N) is 1. The van der Waals surface area contributed by atoms with Gasteiger partial charge in [0.15, 0.2) is 0 Å². The van der Waals surface area contributed by atoms with Gasteiger partial charge in [-0.25, -0.2) is 5.43 Å². The number of hydrogen-bond acceptors (Lipinski definition) is 3. The largest absolute Gasteiger partial charge is 0.507 e. The van der Waals surface area contributed by atoms with Crippen molar-refractivity contribution in [2.75, 3.05) is 0 Å². The number of amides is 1. The lowest BCUT2D eigenvalue weighted by Gasteiger charge is -2.61. The molecule has 4 saturated carbocycles. The molecular formula is C29H30N2O2. The van der Waals surface area contributed by atoms with Crippen LogP contribution in [-0.2, 0) is 10.2 Å². The van der Waals surface area contributed by atoms with Gasteiger partial charge >= 0.3 is 0 Å². The summed E-state index contributed by atoms with van der Waals surface area (Å²) in [5.41, 5.74) is 5.97. The summed E-state index contributed by atoms with van der Waals surface area (Å²) in [6.45, 7) is 2.13. The molecule has 3 aromatic carbocycles. The molecule has 2 N–H and O–H groups in total. The Hall–Kier alpha value is -3.14. The first-order valence-electron chi connectivity index (χ1n) is 12.1. The molecule has 4 aliphatic rings. The highest BCUT2D eigenvalue weighted by Gasteiger charge is 2.60. The summed E-state index contributed by atoms with van der Waals surface area (Å²) < 4.78 is 0. The summed E-state index contributed by atoms with van der Waals surface area (Å²) in [5.74, 6) is 1.44. The summed E-state index contributed by atoms with van der Waals surface area (Å²) in [7, 11) is 0. The van der Waals surface area contributed by atoms with Gasteiger partial charge in [0.05, 0.1) is 11.6 Å². The number of carbonyl (C=O) groups is 1. The van der Waals surface area contributed by atoms with Gasteiger partial charge in [-0.05, 0) is 85.1 Å². The van der Waals surface area contributed by atoms with Crippen LogP contribution >= 0.6 is 0 Å². The summed E-state index contributed by atoms with van der Waals surface area (Å²) in [6, 6.07) is 20.4. The molecule has 0 radical (unpaired) electrons. The quantitative estimate of drug-likeness (QED) is 0.397. The molecule has 2 atom stereocenters. The number of carbonyl (C=O) groups excluding carboxylic acids is 1. The Morgan fingerprint density at radius 1 is 1.00 bits per heavy atom. The van der Waals surface area contributed by atoms with Crippen LogP contribution in [0.3, 0.4) is 0 Å². The van der Waals surface area contributed by atoms with Crippen LogP contribution in [0.4, 0.5) is 0 Å². The predicted molar refractivity (Wildman–Crippen MR) is 131 cm³/mol. The lowest BCUT2D eigenvalue weighted by atomic mass is 9.42. The number of aryl methyl sites for hydroxylation is 1. The zero-order valence-corrected chi connectivity index (χ0v) is 19.1. The highest BCUT2D eigenvalue weighted by molar-refractivity contribution is 6.02. The van der Waals surface area contributed by atoms with Gasteiger partial charge in [-0.2, -0.15) is 5.10 Å². The van der Waals surface area contributed by atoms with Gasteiger partial charge in [0.1, 0.15) is 5.75 Å². The predicted octanol–water partition coefficient (Wildman–Crippen LogP) is 5.84. The van der Waals surface area contributed by atoms with Gasteiger partial charge in [-0.1, -0.05) is 60.2 Å². The topological polar surface area (TPSA) is 61.7 Å². The minimum absolute atomic E-state index is 0.0454. The molecule has 1 amide bonds. The molecule has 0 spiro atoms. The van der Waals surface area contributed by atoms with Gasteiger partial charge in [0.25, 0.3) is 0 Å². The SMILES string of the molecule is Cc1ccc(C23C[C@H]4C[C@@H](CC(C(=O)N/N=C\c5c(O)ccc6ccccc56)(C4)C2)C3)cc1. The molecule has 0 heterocycles. The molecule has 7 rings (SSSR count). The zero-order valence-electron chi connectivity index (χ0n) is 19.1. The molecule has 4 fully saturated rings. The molecule has 0 saturated heterocycles. The van der Waals surface area contributed by atoms with Crippen LogP contribution in [-0.4, -0.2) is 17.2 Å². The van der Waals surface area contributed by atoms with Crippen LogP contribution in [0.25, 0.3) is 10.8 Å². The summed E-state index contributed by atoms with van der Waals surface area (Å²) in [4.78, 5) is 13.6. The fraction of sp³-hybridized carbons (Fsp3) is 0.379. The Kier molecular flexibility index (Phi) is 4.62. The van der Waals surface area contributed by atoms with E-state index >= 15 is 0 Å². The van der Waals surface area contributed by atoms with Crippen LogP contribution in [0.15, 0.2) is 65.8 Å². The van der Waals surface area contributed by atoms with Gasteiger partial charge < -0.3 is 5.11 Å². The lowest BCUT2D eigenvalue weighted by molar-refractivity contribution is -0.149. The number of phenols is 1. The zero-order chi connectivity index (χ0) is 22.6. The minimum atomic E-state index is -0.340. The van der Waals surface area contributed by atoms with E-state index in [1.54, 1.807) is 12.3 Å². The molecule has 0 aromatic heterocycles. The molecule has 0 unspecified atom stereocenters. The van der Waals surface area contributed by atoms with E-state index in [4.69, 9.17) is 0 Å². The molecule has 4 bridgehead atoms. The number of phenolic OH excluding ortho intramolecular Hbond substituents is 1. The number of rotatable bonds is 4. The van der Waals surface area contributed by atoms with Crippen molar-refractivity contribution in [3.05, 3.63) is 77.4 Å². The number of aromatic hydroxyl groups is 1. The third-order valence-electron chi connectivity index (χ3n) is 8.51. The highest BCUT2D eigenvalue weighted by Crippen LogP contribution is 2.65. The number of fused-ring (bicyclic) bond motifs is 1. The first kappa shape index (κ1) is 20.5. The molecule has 33 heavy (non-hydrogen) atoms. The van der Waals surface area contributed by atoms with Crippen molar-refractivity contribution < 1.29 is 9.90 Å². The molecule has 4 aliphatic carbocycles. The van der Waals surface area contributed by atoms with Gasteiger partial charge in [-0.3, -0.25) is 4.79 Å². The maximum Gasteiger partial charge on any atom is 0.246 e. The lowest BCUT2D eigenvalue weighted by Crippen LogP contribution is -2.58. The highest BCUT2D eigenvalue weighted by atomic mass is 16.3. The maximum atomic E-state index is 13.6. The fourth-order valence-corrected chi connectivity index (χ4v) is 7.47. The Labute approximate surface area is 194 Å². The van der Waals surface area contributed by atoms with Crippen molar-refractivity contribution in [2.45, 2.75) is 50.9 Å². The van der Waals surface area contributed by atoms with Gasteiger partial charge in [0, 0.05) is 5.56 Å². The third-order valence-corrected chi connectivity index (χ3v) is 8.51. The third kappa shape index (κ3) is 3.35. The Morgan fingerprint density at radius 2 is 1.73 bits per heavy atom. The van der Waals surface area contributed by atoms with E-state index in [1.807, 2.05) is 30.3 Å². The molecule has 0 aliphatic heterocycles. The van der Waals surface area contributed by atoms with Crippen LogP contribution in [0.1, 0.15) is 55.2 Å². The molecule has 3 aromatic rings. The van der Waals surface area contributed by atoms with Crippen molar-refractivity contribution in [1.29, 1.82) is 0 Å². The number of benzene rings is 3. The van der Waals surface area contributed by atoms with E-state index in [0.29, 0.717) is 17.4 Å². The van der Waals surface area contributed by atoms with E-state index in [-0.39, 0.29) is 22.5 Å². The van der Waals surface area contributed by atoms with Crippen molar-refractivity contribution >= 4 is 22.9 Å². The Bertz CT molecular complexity index is 1250. The summed E-state index contributed by atoms with van der Waals surface area (Å²) in [6.07, 6.45) is 8.11. The number of nitrogens with one attached hydrogen (secondary N) is 1. The average molecular weight is 439 g/mol. The van der Waals surface area contributed by atoms with E-state index < -0.39 is 0 Å². The van der Waals surface area contributed by atoms with E-state index in [0.717, 1.165) is 30.0 Å². The first-order chi connectivity index (χ1) is 16.0. The van der Waals surface area contributed by atoms with Gasteiger partial charge in [-0.15, -0.1) is 0 Å². The molecule has 168 valence electrons. The second-order valence-corrected chi connectivity index (χ2v) is 10.8. The Morgan fingerprint density at radius 3 is 2.48 bits per heavy atom. The number of hydrazone groups is 1. The first-order valence-corrected chi connectivity index (χ1v) is 12.1. The number of hydrogen-bond donors (Lipinski definition) is 2. The van der Waals surface area contributed by atoms with Crippen molar-refractivity contribution in [1.82, 2.24) is 5.43 Å². The second-order valence-electron chi connectivity index (χ2n) is 10.8.